The number of carbonyl (C=O) groups is 2. The molecule has 0 bridgehead atoms. The second-order valence-corrected chi connectivity index (χ2v) is 6.54. The molecule has 0 saturated carbocycles. The van der Waals surface area contributed by atoms with E-state index in [1.54, 1.807) is 25.7 Å². The van der Waals surface area contributed by atoms with E-state index in [9.17, 15) is 9.59 Å². The summed E-state index contributed by atoms with van der Waals surface area (Å²) >= 11 is 0. The van der Waals surface area contributed by atoms with E-state index >= 15 is 0 Å². The number of nitrogens with one attached hydrogen (secondary N) is 1. The van der Waals surface area contributed by atoms with Gasteiger partial charge in [0.2, 0.25) is 5.91 Å². The summed E-state index contributed by atoms with van der Waals surface area (Å²) in [6.45, 7) is 7.58. The summed E-state index contributed by atoms with van der Waals surface area (Å²) in [7, 11) is 0. The lowest BCUT2D eigenvalue weighted by molar-refractivity contribution is -0.133. The van der Waals surface area contributed by atoms with Crippen LogP contribution in [0, 0.1) is 11.3 Å². The number of nitriles is 1. The van der Waals surface area contributed by atoms with Crippen LogP contribution < -0.4 is 5.32 Å². The average molecular weight is 325 g/mol. The zero-order valence-corrected chi connectivity index (χ0v) is 14.3. The lowest BCUT2D eigenvalue weighted by atomic mass is 10.1. The van der Waals surface area contributed by atoms with Crippen molar-refractivity contribution in [1.29, 1.82) is 5.26 Å². The van der Waals surface area contributed by atoms with Gasteiger partial charge in [-0.25, -0.2) is 4.79 Å². The van der Waals surface area contributed by atoms with Crippen LogP contribution in [0.3, 0.4) is 0 Å². The fourth-order valence-electron chi connectivity index (χ4n) is 2.28. The number of rotatable bonds is 5. The zero-order valence-electron chi connectivity index (χ0n) is 14.3. The van der Waals surface area contributed by atoms with Crippen molar-refractivity contribution in [2.75, 3.05) is 26.3 Å². The summed E-state index contributed by atoms with van der Waals surface area (Å²) in [4.78, 5) is 26.3. The van der Waals surface area contributed by atoms with E-state index in [2.05, 4.69) is 11.4 Å². The highest BCUT2D eigenvalue weighted by Gasteiger charge is 2.28. The number of ether oxygens (including phenoxy) is 2. The number of unbranched alkanes of at least 4 members (excludes halogenated alkanes) is 1. The molecule has 0 radical (unpaired) electrons. The molecule has 1 atom stereocenters. The van der Waals surface area contributed by atoms with Gasteiger partial charge in [-0.05, 0) is 40.0 Å². The van der Waals surface area contributed by atoms with Crippen LogP contribution in [0.2, 0.25) is 0 Å². The third-order valence-corrected chi connectivity index (χ3v) is 3.30. The summed E-state index contributed by atoms with van der Waals surface area (Å²) in [6.07, 6.45) is 1.49. The normalized spacial score (nSPS) is 16.9. The van der Waals surface area contributed by atoms with Gasteiger partial charge in [-0.3, -0.25) is 4.79 Å². The predicted octanol–water partition coefficient (Wildman–Crippen LogP) is 1.82. The summed E-state index contributed by atoms with van der Waals surface area (Å²) in [6, 6.07) is 1.38. The minimum Gasteiger partial charge on any atom is -0.444 e. The molecule has 2 amide bonds. The van der Waals surface area contributed by atoms with Crippen molar-refractivity contribution in [2.45, 2.75) is 58.1 Å². The first-order chi connectivity index (χ1) is 10.8. The molecule has 7 heteroatoms. The number of nitrogens with zero attached hydrogens (tertiary/aromatic N) is 2. The minimum absolute atomic E-state index is 0.140. The van der Waals surface area contributed by atoms with Crippen LogP contribution >= 0.6 is 0 Å². The van der Waals surface area contributed by atoms with Crippen LogP contribution in [0.4, 0.5) is 4.79 Å². The molecule has 0 aromatic carbocycles. The van der Waals surface area contributed by atoms with E-state index in [4.69, 9.17) is 14.7 Å². The molecule has 0 aliphatic carbocycles. The predicted molar refractivity (Wildman–Crippen MR) is 84.6 cm³/mol. The molecule has 1 aliphatic rings. The van der Waals surface area contributed by atoms with Crippen LogP contribution in [0.25, 0.3) is 0 Å². The SMILES string of the molecule is CC(C)(C)OC(=O)NC(CCCC#N)C(=O)N1CCCOCC1. The third kappa shape index (κ3) is 7.84. The lowest BCUT2D eigenvalue weighted by Gasteiger charge is -2.27. The summed E-state index contributed by atoms with van der Waals surface area (Å²) in [5.41, 5.74) is -0.624. The molecule has 1 fully saturated rings. The largest absolute Gasteiger partial charge is 0.444 e. The fourth-order valence-corrected chi connectivity index (χ4v) is 2.28. The van der Waals surface area contributed by atoms with Crippen LogP contribution in [0.1, 0.15) is 46.5 Å². The topological polar surface area (TPSA) is 91.7 Å². The summed E-state index contributed by atoms with van der Waals surface area (Å²) in [5.74, 6) is -0.140. The minimum atomic E-state index is -0.670. The van der Waals surface area contributed by atoms with Crippen molar-refractivity contribution in [3.05, 3.63) is 0 Å². The second-order valence-electron chi connectivity index (χ2n) is 6.54. The maximum absolute atomic E-state index is 12.7. The van der Waals surface area contributed by atoms with Crippen LogP contribution in [-0.2, 0) is 14.3 Å². The van der Waals surface area contributed by atoms with Gasteiger partial charge < -0.3 is 19.7 Å². The Morgan fingerprint density at radius 3 is 2.74 bits per heavy atom. The maximum Gasteiger partial charge on any atom is 0.408 e. The molecule has 1 rings (SSSR count). The van der Waals surface area contributed by atoms with E-state index in [0.29, 0.717) is 45.6 Å². The standard InChI is InChI=1S/C16H27N3O4/c1-16(2,3)23-15(21)18-13(7-4-5-8-17)14(20)19-9-6-11-22-12-10-19/h13H,4-7,9-12H2,1-3H3,(H,18,21). The molecule has 1 aliphatic heterocycles. The second kappa shape index (κ2) is 9.36. The number of amides is 2. The van der Waals surface area contributed by atoms with Crippen molar-refractivity contribution in [3.8, 4) is 6.07 Å². The van der Waals surface area contributed by atoms with Gasteiger partial charge in [-0.1, -0.05) is 0 Å². The lowest BCUT2D eigenvalue weighted by Crippen LogP contribution is -2.50. The van der Waals surface area contributed by atoms with Crippen molar-refractivity contribution in [1.82, 2.24) is 10.2 Å². The van der Waals surface area contributed by atoms with Gasteiger partial charge in [0.25, 0.3) is 0 Å². The molecule has 7 nitrogen and oxygen atoms in total. The number of hydrogen-bond acceptors (Lipinski definition) is 5. The van der Waals surface area contributed by atoms with Gasteiger partial charge in [0.15, 0.2) is 0 Å². The highest BCUT2D eigenvalue weighted by molar-refractivity contribution is 5.85. The molecule has 1 heterocycles. The molecular formula is C16H27N3O4. The average Bonchev–Trinajstić information content (AvgIpc) is 2.72. The zero-order chi connectivity index (χ0) is 17.3. The van der Waals surface area contributed by atoms with E-state index in [1.165, 1.54) is 0 Å². The highest BCUT2D eigenvalue weighted by atomic mass is 16.6. The first-order valence-corrected chi connectivity index (χ1v) is 8.06. The van der Waals surface area contributed by atoms with Crippen molar-refractivity contribution < 1.29 is 19.1 Å². The van der Waals surface area contributed by atoms with E-state index in [0.717, 1.165) is 6.42 Å². The van der Waals surface area contributed by atoms with Gasteiger partial charge in [-0.15, -0.1) is 0 Å². The Bertz CT molecular complexity index is 432. The van der Waals surface area contributed by atoms with E-state index in [1.807, 2.05) is 0 Å². The molecule has 0 spiro atoms. The van der Waals surface area contributed by atoms with Crippen molar-refractivity contribution in [3.63, 3.8) is 0 Å². The molecular weight excluding hydrogens is 298 g/mol. The Hall–Kier alpha value is -1.81. The smallest absolute Gasteiger partial charge is 0.408 e. The third-order valence-electron chi connectivity index (χ3n) is 3.30. The first-order valence-electron chi connectivity index (χ1n) is 8.06. The Morgan fingerprint density at radius 1 is 1.35 bits per heavy atom. The molecule has 0 aromatic heterocycles. The van der Waals surface area contributed by atoms with Gasteiger partial charge in [-0.2, -0.15) is 5.26 Å². The van der Waals surface area contributed by atoms with Crippen molar-refractivity contribution >= 4 is 12.0 Å². The highest BCUT2D eigenvalue weighted by Crippen LogP contribution is 2.11. The Balaban J connectivity index is 2.67. The Morgan fingerprint density at radius 2 is 2.09 bits per heavy atom. The number of carbonyl (C=O) groups excluding carboxylic acids is 2. The monoisotopic (exact) mass is 325 g/mol. The van der Waals surface area contributed by atoms with Gasteiger partial charge in [0, 0.05) is 26.1 Å². The van der Waals surface area contributed by atoms with Gasteiger partial charge in [0.1, 0.15) is 11.6 Å². The Kier molecular flexibility index (Phi) is 7.83. The van der Waals surface area contributed by atoms with Gasteiger partial charge in [0.05, 0.1) is 12.7 Å². The summed E-state index contributed by atoms with van der Waals surface area (Å²) < 4.78 is 10.6. The number of hydrogen-bond donors (Lipinski definition) is 1. The Labute approximate surface area is 137 Å². The maximum atomic E-state index is 12.7. The fraction of sp³-hybridized carbons (Fsp3) is 0.812. The molecule has 1 saturated heterocycles. The van der Waals surface area contributed by atoms with Crippen LogP contribution in [-0.4, -0.2) is 54.8 Å². The molecule has 0 aromatic rings. The van der Waals surface area contributed by atoms with Crippen LogP contribution in [0.15, 0.2) is 0 Å². The van der Waals surface area contributed by atoms with Crippen molar-refractivity contribution in [2.24, 2.45) is 0 Å². The number of alkyl carbamates (subject to hydrolysis) is 1. The quantitative estimate of drug-likeness (QED) is 0.779. The molecule has 1 N–H and O–H groups in total. The van der Waals surface area contributed by atoms with Gasteiger partial charge >= 0.3 is 6.09 Å². The summed E-state index contributed by atoms with van der Waals surface area (Å²) in [5, 5.41) is 11.3. The molecule has 1 unspecified atom stereocenters. The molecule has 130 valence electrons. The first kappa shape index (κ1) is 19.2. The van der Waals surface area contributed by atoms with Crippen LogP contribution in [0.5, 0.6) is 0 Å². The van der Waals surface area contributed by atoms with E-state index < -0.39 is 17.7 Å². The molecule has 23 heavy (non-hydrogen) atoms. The van der Waals surface area contributed by atoms with E-state index in [-0.39, 0.29) is 5.91 Å².